The van der Waals surface area contributed by atoms with E-state index >= 15 is 0 Å². The Labute approximate surface area is 298 Å². The molecule has 2 amide bonds. The molecule has 0 aliphatic carbocycles. The number of carboxylic acid groups (broad SMARTS) is 1. The molecular formula is C34H28Cl2F4N4O5S. The van der Waals surface area contributed by atoms with Crippen molar-refractivity contribution >= 4 is 76.0 Å². The van der Waals surface area contributed by atoms with Crippen LogP contribution in [0.4, 0.5) is 33.7 Å². The molecule has 1 aromatic heterocycles. The van der Waals surface area contributed by atoms with Crippen LogP contribution in [0.5, 0.6) is 5.75 Å². The molecule has 262 valence electrons. The summed E-state index contributed by atoms with van der Waals surface area (Å²) in [6.45, 7) is 1.72. The third kappa shape index (κ3) is 9.69. The van der Waals surface area contributed by atoms with Crippen LogP contribution in [-0.2, 0) is 11.3 Å². The predicted octanol–water partition coefficient (Wildman–Crippen LogP) is 9.13. The number of benzene rings is 4. The second-order valence-electron chi connectivity index (χ2n) is 10.7. The minimum absolute atomic E-state index is 0. The standard InChI is InChI=1S/C34H27ClF4N4O5S.ClH/c1-19(21-7-11-24(12-8-21)49-34(37,38)39)48-29-14-10-23(16-26(29)36)41-33(47)42-27-18-43(28-13-9-22(35)15-25(27)28)31(44)30(32(45)46)40-17-20-5-3-2-4-6-20;/h2-16,18-19,30,40H,17H2,1H3,(H,45,46)(H2,41,42,47);1H. The Morgan fingerprint density at radius 2 is 1.66 bits per heavy atom. The summed E-state index contributed by atoms with van der Waals surface area (Å²) in [5, 5.41) is 18.3. The summed E-state index contributed by atoms with van der Waals surface area (Å²) in [7, 11) is 0. The minimum Gasteiger partial charge on any atom is -0.483 e. The number of aromatic nitrogens is 1. The van der Waals surface area contributed by atoms with Gasteiger partial charge in [0.2, 0.25) is 0 Å². The predicted molar refractivity (Wildman–Crippen MR) is 186 cm³/mol. The molecule has 5 aromatic rings. The van der Waals surface area contributed by atoms with Gasteiger partial charge in [0.25, 0.3) is 5.91 Å². The molecular weight excluding hydrogens is 723 g/mol. The molecule has 0 bridgehead atoms. The molecule has 2 unspecified atom stereocenters. The van der Waals surface area contributed by atoms with E-state index in [1.165, 1.54) is 60.8 Å². The summed E-state index contributed by atoms with van der Waals surface area (Å²) >= 11 is 5.94. The molecule has 0 aliphatic rings. The summed E-state index contributed by atoms with van der Waals surface area (Å²) in [6.07, 6.45) is 0.568. The van der Waals surface area contributed by atoms with Crippen molar-refractivity contribution in [2.45, 2.75) is 36.0 Å². The van der Waals surface area contributed by atoms with E-state index in [-0.39, 0.29) is 58.3 Å². The van der Waals surface area contributed by atoms with Crippen LogP contribution in [0, 0.1) is 5.82 Å². The first-order valence-corrected chi connectivity index (χ1v) is 15.7. The maximum atomic E-state index is 15.0. The maximum Gasteiger partial charge on any atom is 0.446 e. The van der Waals surface area contributed by atoms with Crippen molar-refractivity contribution in [3.63, 3.8) is 0 Å². The monoisotopic (exact) mass is 750 g/mol. The second-order valence-corrected chi connectivity index (χ2v) is 12.2. The van der Waals surface area contributed by atoms with E-state index in [1.807, 2.05) is 6.07 Å². The van der Waals surface area contributed by atoms with Gasteiger partial charge in [-0.1, -0.05) is 54.1 Å². The number of halogens is 6. The molecule has 0 fully saturated rings. The topological polar surface area (TPSA) is 122 Å². The molecule has 0 saturated heterocycles. The quantitative estimate of drug-likeness (QED) is 0.0604. The van der Waals surface area contributed by atoms with Crippen LogP contribution in [0.3, 0.4) is 0 Å². The Morgan fingerprint density at radius 3 is 2.30 bits per heavy atom. The van der Waals surface area contributed by atoms with Gasteiger partial charge in [-0.25, -0.2) is 14.0 Å². The summed E-state index contributed by atoms with van der Waals surface area (Å²) in [6, 6.07) is 20.2. The largest absolute Gasteiger partial charge is 0.483 e. The van der Waals surface area contributed by atoms with Gasteiger partial charge >= 0.3 is 17.5 Å². The molecule has 4 N–H and O–H groups in total. The Hall–Kier alpha value is -4.76. The number of fused-ring (bicyclic) bond motifs is 1. The Bertz CT molecular complexity index is 2000. The first-order chi connectivity index (χ1) is 23.3. The number of alkyl halides is 3. The highest BCUT2D eigenvalue weighted by molar-refractivity contribution is 8.00. The molecule has 1 heterocycles. The Balaban J connectivity index is 0.00000562. The van der Waals surface area contributed by atoms with Crippen molar-refractivity contribution < 1.29 is 41.8 Å². The number of carboxylic acids is 1. The van der Waals surface area contributed by atoms with Crippen molar-refractivity contribution in [1.82, 2.24) is 9.88 Å². The number of rotatable bonds is 11. The highest BCUT2D eigenvalue weighted by atomic mass is 35.5. The van der Waals surface area contributed by atoms with Crippen LogP contribution in [-0.4, -0.2) is 39.1 Å². The molecule has 16 heteroatoms. The average molecular weight is 752 g/mol. The van der Waals surface area contributed by atoms with E-state index in [0.717, 1.165) is 16.2 Å². The number of thioether (sulfide) groups is 1. The number of hydrogen-bond acceptors (Lipinski definition) is 6. The van der Waals surface area contributed by atoms with E-state index in [4.69, 9.17) is 16.3 Å². The number of hydrogen-bond donors (Lipinski definition) is 4. The number of urea groups is 1. The minimum atomic E-state index is -4.42. The lowest BCUT2D eigenvalue weighted by atomic mass is 10.1. The van der Waals surface area contributed by atoms with Crippen LogP contribution < -0.4 is 20.7 Å². The number of nitrogens with zero attached hydrogens (tertiary/aromatic N) is 1. The zero-order valence-electron chi connectivity index (χ0n) is 25.8. The second kappa shape index (κ2) is 16.3. The molecule has 0 aliphatic heterocycles. The molecule has 0 radical (unpaired) electrons. The van der Waals surface area contributed by atoms with Crippen molar-refractivity contribution in [2.24, 2.45) is 0 Å². The SMILES string of the molecule is CC(Oc1ccc(NC(=O)Nc2cn(C(=O)C(NCc3ccccc3)C(=O)O)c3ccc(Cl)cc23)cc1F)c1ccc(SC(F)(F)F)cc1.Cl. The number of aliphatic carboxylic acids is 1. The van der Waals surface area contributed by atoms with Gasteiger partial charge in [0, 0.05) is 39.8 Å². The van der Waals surface area contributed by atoms with E-state index < -0.39 is 41.4 Å². The average Bonchev–Trinajstić information content (AvgIpc) is 3.39. The number of carbonyl (C=O) groups excluding carboxylic acids is 2. The fraction of sp³-hybridized carbons (Fsp3) is 0.147. The van der Waals surface area contributed by atoms with Gasteiger partial charge in [0.1, 0.15) is 6.10 Å². The summed E-state index contributed by atoms with van der Waals surface area (Å²) < 4.78 is 59.6. The van der Waals surface area contributed by atoms with Crippen molar-refractivity contribution in [1.29, 1.82) is 0 Å². The lowest BCUT2D eigenvalue weighted by Crippen LogP contribution is -2.45. The Kier molecular flexibility index (Phi) is 12.4. The van der Waals surface area contributed by atoms with E-state index in [1.54, 1.807) is 31.2 Å². The highest BCUT2D eigenvalue weighted by Crippen LogP contribution is 2.37. The van der Waals surface area contributed by atoms with E-state index in [0.29, 0.717) is 16.0 Å². The number of anilines is 2. The van der Waals surface area contributed by atoms with Gasteiger partial charge in [-0.3, -0.25) is 14.7 Å². The molecule has 50 heavy (non-hydrogen) atoms. The van der Waals surface area contributed by atoms with Crippen molar-refractivity contribution in [3.05, 3.63) is 119 Å². The van der Waals surface area contributed by atoms with E-state index in [9.17, 15) is 37.1 Å². The number of nitrogens with one attached hydrogen (secondary N) is 3. The summed E-state index contributed by atoms with van der Waals surface area (Å²) in [4.78, 5) is 38.5. The number of carbonyl (C=O) groups is 3. The first kappa shape index (κ1) is 38.0. The molecule has 4 aromatic carbocycles. The van der Waals surface area contributed by atoms with Gasteiger partial charge in [-0.2, -0.15) is 13.2 Å². The van der Waals surface area contributed by atoms with Crippen LogP contribution in [0.25, 0.3) is 10.9 Å². The maximum absolute atomic E-state index is 15.0. The van der Waals surface area contributed by atoms with Crippen LogP contribution in [0.15, 0.2) is 102 Å². The van der Waals surface area contributed by atoms with Gasteiger partial charge in [0.15, 0.2) is 17.6 Å². The van der Waals surface area contributed by atoms with Gasteiger partial charge < -0.3 is 20.5 Å². The van der Waals surface area contributed by atoms with E-state index in [2.05, 4.69) is 16.0 Å². The number of amides is 2. The van der Waals surface area contributed by atoms with Crippen molar-refractivity contribution in [3.8, 4) is 5.75 Å². The Morgan fingerprint density at radius 1 is 0.960 bits per heavy atom. The lowest BCUT2D eigenvalue weighted by molar-refractivity contribution is -0.138. The fourth-order valence-corrected chi connectivity index (χ4v) is 5.59. The normalized spacial score (nSPS) is 12.4. The van der Waals surface area contributed by atoms with Crippen LogP contribution in [0.1, 0.15) is 28.9 Å². The fourth-order valence-electron chi connectivity index (χ4n) is 4.88. The molecule has 9 nitrogen and oxygen atoms in total. The van der Waals surface area contributed by atoms with Crippen molar-refractivity contribution in [2.75, 3.05) is 10.6 Å². The van der Waals surface area contributed by atoms with Gasteiger partial charge in [0.05, 0.1) is 11.2 Å². The molecule has 5 rings (SSSR count). The molecule has 0 saturated carbocycles. The highest BCUT2D eigenvalue weighted by Gasteiger charge is 2.30. The van der Waals surface area contributed by atoms with Gasteiger partial charge in [-0.05, 0) is 72.3 Å². The zero-order chi connectivity index (χ0) is 35.3. The zero-order valence-corrected chi connectivity index (χ0v) is 28.2. The smallest absolute Gasteiger partial charge is 0.446 e. The lowest BCUT2D eigenvalue weighted by Gasteiger charge is -2.17. The third-order valence-corrected chi connectivity index (χ3v) is 8.15. The first-order valence-electron chi connectivity index (χ1n) is 14.5. The summed E-state index contributed by atoms with van der Waals surface area (Å²) in [5.41, 5.74) is -2.66. The molecule has 2 atom stereocenters. The van der Waals surface area contributed by atoms with Crippen LogP contribution in [0.2, 0.25) is 5.02 Å². The number of ether oxygens (including phenoxy) is 1. The summed E-state index contributed by atoms with van der Waals surface area (Å²) in [5.74, 6) is -3.18. The third-order valence-electron chi connectivity index (χ3n) is 7.18. The van der Waals surface area contributed by atoms with Crippen LogP contribution >= 0.6 is 35.8 Å². The molecule has 0 spiro atoms. The van der Waals surface area contributed by atoms with Gasteiger partial charge in [-0.15, -0.1) is 12.4 Å².